The average Bonchev–Trinajstić information content (AvgIpc) is 2.35. The second-order valence-electron chi connectivity index (χ2n) is 2.85. The number of nitrogens with zero attached hydrogens (tertiary/aromatic N) is 1. The summed E-state index contributed by atoms with van der Waals surface area (Å²) < 4.78 is 14.1. The van der Waals surface area contributed by atoms with E-state index in [1.165, 1.54) is 13.2 Å². The van der Waals surface area contributed by atoms with Crippen LogP contribution in [0.1, 0.15) is 10.4 Å². The van der Waals surface area contributed by atoms with Gasteiger partial charge < -0.3 is 13.3 Å². The topological polar surface area (TPSA) is 87.9 Å². The van der Waals surface area contributed by atoms with Gasteiger partial charge in [-0.2, -0.15) is 0 Å². The zero-order valence-corrected chi connectivity index (χ0v) is 10.5. The molecule has 8 heteroatoms. The lowest BCUT2D eigenvalue weighted by molar-refractivity contribution is -0.385. The number of methoxy groups -OCH3 is 2. The standard InChI is InChI=1S/C9H8BrNO6/c1-15-7-3-5(9(12)16-2)6(11(13)14)4-8(7)17-10/h3-4H,1-2H3. The van der Waals surface area contributed by atoms with Crippen molar-refractivity contribution >= 4 is 27.9 Å². The Hall–Kier alpha value is -1.83. The number of rotatable bonds is 4. The Morgan fingerprint density at radius 2 is 2.00 bits per heavy atom. The highest BCUT2D eigenvalue weighted by molar-refractivity contribution is 9.06. The first-order valence-electron chi connectivity index (χ1n) is 4.28. The number of benzene rings is 1. The highest BCUT2D eigenvalue weighted by Gasteiger charge is 2.25. The van der Waals surface area contributed by atoms with E-state index in [0.717, 1.165) is 13.2 Å². The van der Waals surface area contributed by atoms with Crippen LogP contribution >= 0.6 is 16.3 Å². The molecule has 92 valence electrons. The molecule has 0 aliphatic heterocycles. The molecule has 0 bridgehead atoms. The predicted molar refractivity (Wildman–Crippen MR) is 60.5 cm³/mol. The fourth-order valence-corrected chi connectivity index (χ4v) is 1.45. The summed E-state index contributed by atoms with van der Waals surface area (Å²) in [6.45, 7) is 0. The van der Waals surface area contributed by atoms with E-state index in [1.54, 1.807) is 0 Å². The van der Waals surface area contributed by atoms with Crippen LogP contribution in [0.3, 0.4) is 0 Å². The highest BCUT2D eigenvalue weighted by Crippen LogP contribution is 2.35. The second kappa shape index (κ2) is 5.48. The van der Waals surface area contributed by atoms with Gasteiger partial charge in [0, 0.05) is 6.07 Å². The lowest BCUT2D eigenvalue weighted by Crippen LogP contribution is -2.06. The van der Waals surface area contributed by atoms with Crippen molar-refractivity contribution in [1.82, 2.24) is 0 Å². The van der Waals surface area contributed by atoms with Crippen molar-refractivity contribution in [1.29, 1.82) is 0 Å². The van der Waals surface area contributed by atoms with Crippen LogP contribution in [0.5, 0.6) is 11.5 Å². The minimum atomic E-state index is -0.823. The number of carbonyl (C=O) groups is 1. The van der Waals surface area contributed by atoms with Gasteiger partial charge in [0.25, 0.3) is 5.69 Å². The van der Waals surface area contributed by atoms with E-state index in [-0.39, 0.29) is 17.1 Å². The zero-order chi connectivity index (χ0) is 13.0. The van der Waals surface area contributed by atoms with Crippen LogP contribution < -0.4 is 8.57 Å². The molecule has 0 aromatic heterocycles. The lowest BCUT2D eigenvalue weighted by atomic mass is 10.1. The highest BCUT2D eigenvalue weighted by atomic mass is 79.9. The molecule has 0 radical (unpaired) electrons. The fraction of sp³-hybridized carbons (Fsp3) is 0.222. The third-order valence-corrected chi connectivity index (χ3v) is 2.32. The van der Waals surface area contributed by atoms with Crippen LogP contribution in [-0.2, 0) is 4.74 Å². The number of esters is 1. The first kappa shape index (κ1) is 13.2. The average molecular weight is 306 g/mol. The summed E-state index contributed by atoms with van der Waals surface area (Å²) in [5.41, 5.74) is -0.630. The molecule has 1 aromatic rings. The number of nitro benzene ring substituents is 1. The van der Waals surface area contributed by atoms with E-state index in [1.807, 2.05) is 0 Å². The number of ether oxygens (including phenoxy) is 2. The number of hydrogen-bond donors (Lipinski definition) is 0. The molecule has 0 aliphatic rings. The van der Waals surface area contributed by atoms with Crippen molar-refractivity contribution < 1.29 is 23.0 Å². The molecule has 0 N–H and O–H groups in total. The summed E-state index contributed by atoms with van der Waals surface area (Å²) in [7, 11) is 2.48. The maximum Gasteiger partial charge on any atom is 0.345 e. The third kappa shape index (κ3) is 2.64. The maximum absolute atomic E-state index is 11.4. The van der Waals surface area contributed by atoms with Gasteiger partial charge >= 0.3 is 5.97 Å². The Balaban J connectivity index is 3.45. The summed E-state index contributed by atoms with van der Waals surface area (Å²) >= 11 is 2.69. The SMILES string of the molecule is COC(=O)c1cc(OC)c(OBr)cc1[N+](=O)[O-]. The van der Waals surface area contributed by atoms with E-state index in [0.29, 0.717) is 0 Å². The molecule has 0 saturated carbocycles. The second-order valence-corrected chi connectivity index (χ2v) is 3.17. The Kier molecular flexibility index (Phi) is 4.27. The van der Waals surface area contributed by atoms with E-state index in [4.69, 9.17) is 8.57 Å². The summed E-state index contributed by atoms with van der Waals surface area (Å²) in [5, 5.41) is 10.8. The Morgan fingerprint density at radius 3 is 2.41 bits per heavy atom. The maximum atomic E-state index is 11.4. The summed E-state index contributed by atoms with van der Waals surface area (Å²) in [6.07, 6.45) is 0. The fourth-order valence-electron chi connectivity index (χ4n) is 1.19. The van der Waals surface area contributed by atoms with Crippen LogP contribution in [0.2, 0.25) is 0 Å². The van der Waals surface area contributed by atoms with E-state index >= 15 is 0 Å². The van der Waals surface area contributed by atoms with Crippen molar-refractivity contribution in [3.63, 3.8) is 0 Å². The molecular formula is C9H8BrNO6. The predicted octanol–water partition coefficient (Wildman–Crippen LogP) is 2.08. The van der Waals surface area contributed by atoms with Gasteiger partial charge in [-0.25, -0.2) is 4.79 Å². The smallest absolute Gasteiger partial charge is 0.345 e. The minimum Gasteiger partial charge on any atom is -0.493 e. The van der Waals surface area contributed by atoms with Gasteiger partial charge in [-0.3, -0.25) is 10.1 Å². The lowest BCUT2D eigenvalue weighted by Gasteiger charge is -2.08. The Morgan fingerprint density at radius 1 is 1.35 bits per heavy atom. The van der Waals surface area contributed by atoms with Gasteiger partial charge in [0.15, 0.2) is 27.8 Å². The van der Waals surface area contributed by atoms with Crippen LogP contribution in [0.4, 0.5) is 5.69 Å². The van der Waals surface area contributed by atoms with Crippen molar-refractivity contribution in [3.05, 3.63) is 27.8 Å². The normalized spacial score (nSPS) is 9.59. The molecule has 0 saturated heterocycles. The molecule has 0 amide bonds. The van der Waals surface area contributed by atoms with Gasteiger partial charge in [0.1, 0.15) is 5.56 Å². The number of hydrogen-bond acceptors (Lipinski definition) is 6. The van der Waals surface area contributed by atoms with Crippen LogP contribution in [-0.4, -0.2) is 25.1 Å². The van der Waals surface area contributed by atoms with Crippen molar-refractivity contribution in [2.45, 2.75) is 0 Å². The van der Waals surface area contributed by atoms with Gasteiger partial charge in [-0.15, -0.1) is 0 Å². The van der Waals surface area contributed by atoms with Crippen LogP contribution in [0.15, 0.2) is 12.1 Å². The Bertz CT molecular complexity index is 461. The summed E-state index contributed by atoms with van der Waals surface area (Å²) in [5.74, 6) is -0.559. The van der Waals surface area contributed by atoms with Crippen molar-refractivity contribution in [2.75, 3.05) is 14.2 Å². The summed E-state index contributed by atoms with van der Waals surface area (Å²) in [6, 6.07) is 2.25. The van der Waals surface area contributed by atoms with Gasteiger partial charge in [-0.1, -0.05) is 0 Å². The van der Waals surface area contributed by atoms with Gasteiger partial charge in [-0.05, 0) is 0 Å². The zero-order valence-electron chi connectivity index (χ0n) is 8.93. The molecule has 0 fully saturated rings. The molecule has 0 atom stereocenters. The molecular weight excluding hydrogens is 298 g/mol. The molecule has 0 unspecified atom stereocenters. The first-order chi connectivity index (χ1) is 8.04. The van der Waals surface area contributed by atoms with Crippen LogP contribution in [0, 0.1) is 10.1 Å². The monoisotopic (exact) mass is 305 g/mol. The number of carbonyl (C=O) groups excluding carboxylic acids is 1. The molecule has 0 heterocycles. The number of halogens is 1. The quantitative estimate of drug-likeness (QED) is 0.481. The van der Waals surface area contributed by atoms with Gasteiger partial charge in [0.05, 0.1) is 25.2 Å². The molecule has 1 rings (SSSR count). The largest absolute Gasteiger partial charge is 0.493 e. The Labute approximate surface area is 105 Å². The van der Waals surface area contributed by atoms with Gasteiger partial charge in [0.2, 0.25) is 0 Å². The van der Waals surface area contributed by atoms with E-state index in [9.17, 15) is 14.9 Å². The number of nitro groups is 1. The van der Waals surface area contributed by atoms with E-state index in [2.05, 4.69) is 21.0 Å². The minimum absolute atomic E-state index is 0.0897. The van der Waals surface area contributed by atoms with Crippen molar-refractivity contribution in [3.8, 4) is 11.5 Å². The summed E-state index contributed by atoms with van der Waals surface area (Å²) in [4.78, 5) is 21.5. The van der Waals surface area contributed by atoms with Crippen molar-refractivity contribution in [2.24, 2.45) is 0 Å². The molecule has 0 aliphatic carbocycles. The molecule has 1 aromatic carbocycles. The third-order valence-electron chi connectivity index (χ3n) is 1.97. The molecule has 17 heavy (non-hydrogen) atoms. The first-order valence-corrected chi connectivity index (χ1v) is 4.93. The molecule has 0 spiro atoms. The molecule has 7 nitrogen and oxygen atoms in total. The van der Waals surface area contributed by atoms with E-state index < -0.39 is 16.6 Å². The van der Waals surface area contributed by atoms with Crippen LogP contribution in [0.25, 0.3) is 0 Å².